The molecule has 0 aliphatic carbocycles. The van der Waals surface area contributed by atoms with Gasteiger partial charge in [-0.1, -0.05) is 0 Å². The minimum Gasteiger partial charge on any atom is -0.383 e. The van der Waals surface area contributed by atoms with E-state index in [0.29, 0.717) is 13.2 Å². The molecule has 4 N–H and O–H groups in total. The number of nitrogens with zero attached hydrogens (tertiary/aromatic N) is 2. The van der Waals surface area contributed by atoms with Crippen LogP contribution < -0.4 is 22.3 Å². The van der Waals surface area contributed by atoms with Crippen LogP contribution in [0.1, 0.15) is 5.01 Å². The molecule has 0 spiro atoms. The summed E-state index contributed by atoms with van der Waals surface area (Å²) < 4.78 is 6.17. The lowest BCUT2D eigenvalue weighted by atomic mass is 10.4. The second-order valence-corrected chi connectivity index (χ2v) is 4.92. The Hall–Kier alpha value is -2.13. The van der Waals surface area contributed by atoms with Gasteiger partial charge >= 0.3 is 5.69 Å². The number of nitrogens with two attached hydrogens (primary N) is 1. The number of ether oxygens (including phenoxy) is 1. The maximum Gasteiger partial charge on any atom is 0.330 e. The topological polar surface area (TPSA) is 115 Å². The van der Waals surface area contributed by atoms with Crippen LogP contribution in [-0.4, -0.2) is 28.3 Å². The predicted octanol–water partition coefficient (Wildman–Crippen LogP) is -0.166. The molecular weight excluding hydrogens is 282 g/mol. The summed E-state index contributed by atoms with van der Waals surface area (Å²) in [5.41, 5.74) is 4.94. The van der Waals surface area contributed by atoms with Gasteiger partial charge in [0.25, 0.3) is 5.56 Å². The van der Waals surface area contributed by atoms with Crippen LogP contribution in [0.3, 0.4) is 0 Å². The maximum atomic E-state index is 11.8. The highest BCUT2D eigenvalue weighted by molar-refractivity contribution is 7.09. The third-order valence-corrected chi connectivity index (χ3v) is 3.44. The highest BCUT2D eigenvalue weighted by Gasteiger charge is 2.12. The number of aromatic amines is 1. The molecule has 0 aliphatic rings. The van der Waals surface area contributed by atoms with E-state index in [1.165, 1.54) is 23.0 Å². The number of hydrogen-bond donors (Lipinski definition) is 3. The van der Waals surface area contributed by atoms with Gasteiger partial charge in [0.1, 0.15) is 16.5 Å². The molecular formula is C11H15N5O3S. The Bertz CT molecular complexity index is 676. The first-order valence-electron chi connectivity index (χ1n) is 5.87. The molecule has 9 heteroatoms. The van der Waals surface area contributed by atoms with Crippen LogP contribution >= 0.6 is 11.3 Å². The lowest BCUT2D eigenvalue weighted by Crippen LogP contribution is -2.34. The summed E-state index contributed by atoms with van der Waals surface area (Å²) in [6, 6.07) is 0. The number of methoxy groups -OCH3 is 1. The van der Waals surface area contributed by atoms with Gasteiger partial charge in [-0.25, -0.2) is 9.78 Å². The Morgan fingerprint density at radius 2 is 2.35 bits per heavy atom. The molecule has 2 rings (SSSR count). The van der Waals surface area contributed by atoms with Gasteiger partial charge in [-0.15, -0.1) is 11.3 Å². The highest BCUT2D eigenvalue weighted by Crippen LogP contribution is 2.12. The van der Waals surface area contributed by atoms with Crippen LogP contribution in [0.2, 0.25) is 0 Å². The number of rotatable bonds is 6. The lowest BCUT2D eigenvalue weighted by molar-refractivity contribution is 0.186. The molecule has 20 heavy (non-hydrogen) atoms. The van der Waals surface area contributed by atoms with E-state index < -0.39 is 11.2 Å². The van der Waals surface area contributed by atoms with Crippen molar-refractivity contribution in [1.82, 2.24) is 14.5 Å². The van der Waals surface area contributed by atoms with Crippen molar-refractivity contribution < 1.29 is 4.74 Å². The zero-order chi connectivity index (χ0) is 14.5. The number of thiazole rings is 1. The normalized spacial score (nSPS) is 10.7. The van der Waals surface area contributed by atoms with Crippen molar-refractivity contribution in [2.45, 2.75) is 13.1 Å². The molecule has 2 heterocycles. The second-order valence-electron chi connectivity index (χ2n) is 3.94. The summed E-state index contributed by atoms with van der Waals surface area (Å²) in [6.45, 7) is 0.958. The molecule has 0 fully saturated rings. The summed E-state index contributed by atoms with van der Waals surface area (Å²) >= 11 is 1.46. The summed E-state index contributed by atoms with van der Waals surface area (Å²) in [4.78, 5) is 29.8. The van der Waals surface area contributed by atoms with Crippen molar-refractivity contribution >= 4 is 22.8 Å². The second kappa shape index (κ2) is 6.35. The van der Waals surface area contributed by atoms with Crippen LogP contribution in [0.15, 0.2) is 21.2 Å². The molecule has 0 saturated carbocycles. The number of H-pyrrole nitrogens is 1. The van der Waals surface area contributed by atoms with Gasteiger partial charge < -0.3 is 15.8 Å². The minimum atomic E-state index is -0.552. The third kappa shape index (κ3) is 3.06. The molecule has 108 valence electrons. The molecule has 0 radical (unpaired) electrons. The standard InChI is InChI=1S/C11H15N5O3S/c1-19-4-3-16-9(12)8(10(17)15-11(16)18)14-6-7-13-2-5-20-7/h2,5,14H,3-4,6,12H2,1H3,(H,15,17,18). The van der Waals surface area contributed by atoms with Crippen molar-refractivity contribution in [3.05, 3.63) is 37.4 Å². The molecule has 0 amide bonds. The van der Waals surface area contributed by atoms with E-state index >= 15 is 0 Å². The maximum absolute atomic E-state index is 11.8. The third-order valence-electron chi connectivity index (χ3n) is 2.66. The first kappa shape index (κ1) is 14.3. The van der Waals surface area contributed by atoms with Crippen molar-refractivity contribution in [1.29, 1.82) is 0 Å². The Labute approximate surface area is 118 Å². The molecule has 0 unspecified atom stereocenters. The predicted molar refractivity (Wildman–Crippen MR) is 77.1 cm³/mol. The number of nitrogens with one attached hydrogen (secondary N) is 2. The van der Waals surface area contributed by atoms with Gasteiger partial charge in [-0.2, -0.15) is 0 Å². The lowest BCUT2D eigenvalue weighted by Gasteiger charge is -2.12. The summed E-state index contributed by atoms with van der Waals surface area (Å²) in [6.07, 6.45) is 1.68. The van der Waals surface area contributed by atoms with Crippen molar-refractivity contribution in [3.63, 3.8) is 0 Å². The van der Waals surface area contributed by atoms with Crippen molar-refractivity contribution in [3.8, 4) is 0 Å². The van der Waals surface area contributed by atoms with Crippen molar-refractivity contribution in [2.75, 3.05) is 24.8 Å². The largest absolute Gasteiger partial charge is 0.383 e. The van der Waals surface area contributed by atoms with E-state index in [-0.39, 0.29) is 18.1 Å². The van der Waals surface area contributed by atoms with E-state index in [9.17, 15) is 9.59 Å². The van der Waals surface area contributed by atoms with Gasteiger partial charge in [0.15, 0.2) is 0 Å². The van der Waals surface area contributed by atoms with E-state index in [0.717, 1.165) is 5.01 Å². The number of aromatic nitrogens is 3. The Balaban J connectivity index is 2.27. The fourth-order valence-electron chi connectivity index (χ4n) is 1.67. The van der Waals surface area contributed by atoms with Crippen LogP contribution in [0.25, 0.3) is 0 Å². The Kier molecular flexibility index (Phi) is 4.53. The molecule has 2 aromatic rings. The van der Waals surface area contributed by atoms with Gasteiger partial charge in [0.05, 0.1) is 19.7 Å². The van der Waals surface area contributed by atoms with E-state index in [1.54, 1.807) is 6.20 Å². The number of anilines is 2. The fourth-order valence-corrected chi connectivity index (χ4v) is 2.22. The smallest absolute Gasteiger partial charge is 0.330 e. The Morgan fingerprint density at radius 1 is 1.55 bits per heavy atom. The van der Waals surface area contributed by atoms with Crippen LogP contribution in [0.4, 0.5) is 11.5 Å². The first-order chi connectivity index (χ1) is 9.63. The zero-order valence-electron chi connectivity index (χ0n) is 10.9. The molecule has 0 aliphatic heterocycles. The summed E-state index contributed by atoms with van der Waals surface area (Å²) in [5.74, 6) is 0.0901. The summed E-state index contributed by atoms with van der Waals surface area (Å²) in [7, 11) is 1.52. The van der Waals surface area contributed by atoms with E-state index in [2.05, 4.69) is 15.3 Å². The average molecular weight is 297 g/mol. The van der Waals surface area contributed by atoms with Crippen LogP contribution in [0, 0.1) is 0 Å². The van der Waals surface area contributed by atoms with Gasteiger partial charge in [-0.3, -0.25) is 14.3 Å². The molecule has 0 aromatic carbocycles. The Morgan fingerprint density at radius 3 is 3.00 bits per heavy atom. The van der Waals surface area contributed by atoms with Crippen LogP contribution in [-0.2, 0) is 17.8 Å². The zero-order valence-corrected chi connectivity index (χ0v) is 11.7. The quantitative estimate of drug-likeness (QED) is 0.682. The van der Waals surface area contributed by atoms with Gasteiger partial charge in [-0.05, 0) is 0 Å². The number of nitrogen functional groups attached to an aromatic ring is 1. The summed E-state index contributed by atoms with van der Waals surface area (Å²) in [5, 5.41) is 5.56. The van der Waals surface area contributed by atoms with Gasteiger partial charge in [0.2, 0.25) is 0 Å². The SMILES string of the molecule is COCCn1c(N)c(NCc2nccs2)c(=O)[nH]c1=O. The highest BCUT2D eigenvalue weighted by atomic mass is 32.1. The fraction of sp³-hybridized carbons (Fsp3) is 0.364. The molecule has 8 nitrogen and oxygen atoms in total. The van der Waals surface area contributed by atoms with Crippen molar-refractivity contribution in [2.24, 2.45) is 0 Å². The average Bonchev–Trinajstić information content (AvgIpc) is 2.91. The van der Waals surface area contributed by atoms with E-state index in [4.69, 9.17) is 10.5 Å². The first-order valence-corrected chi connectivity index (χ1v) is 6.75. The van der Waals surface area contributed by atoms with Crippen LogP contribution in [0.5, 0.6) is 0 Å². The molecule has 2 aromatic heterocycles. The monoisotopic (exact) mass is 297 g/mol. The molecule has 0 atom stereocenters. The molecule has 0 bridgehead atoms. The van der Waals surface area contributed by atoms with Gasteiger partial charge in [0, 0.05) is 18.7 Å². The minimum absolute atomic E-state index is 0.0901. The number of hydrogen-bond acceptors (Lipinski definition) is 7. The molecule has 0 saturated heterocycles. The van der Waals surface area contributed by atoms with E-state index in [1.807, 2.05) is 5.38 Å².